The molecule has 0 saturated carbocycles. The maximum absolute atomic E-state index is 6.92. The van der Waals surface area contributed by atoms with Crippen LogP contribution in [0.4, 0.5) is 0 Å². The highest BCUT2D eigenvalue weighted by molar-refractivity contribution is 14.1. The van der Waals surface area contributed by atoms with Crippen molar-refractivity contribution >= 4 is 41.3 Å². The van der Waals surface area contributed by atoms with Crippen LogP contribution in [0.15, 0.2) is 69.8 Å². The second-order valence-corrected chi connectivity index (χ2v) is 13.1. The normalized spacial score (nSPS) is 13.5. The molecule has 0 bridgehead atoms. The van der Waals surface area contributed by atoms with E-state index >= 15 is 0 Å². The van der Waals surface area contributed by atoms with Crippen LogP contribution in [-0.4, -0.2) is 14.9 Å². The van der Waals surface area contributed by atoms with Crippen LogP contribution in [0, 0.1) is 0 Å². The molecule has 0 radical (unpaired) electrons. The monoisotopic (exact) mass is 464 g/mol. The van der Waals surface area contributed by atoms with Gasteiger partial charge in [0.05, 0.1) is 6.61 Å². The fraction of sp³-hybridized carbons (Fsp3) is 0.364. The van der Waals surface area contributed by atoms with E-state index in [1.54, 1.807) is 0 Å². The highest BCUT2D eigenvalue weighted by Gasteiger charge is 2.50. The number of halogens is 1. The molecule has 3 heteroatoms. The van der Waals surface area contributed by atoms with E-state index in [1.807, 2.05) is 0 Å². The molecule has 25 heavy (non-hydrogen) atoms. The van der Waals surface area contributed by atoms with Gasteiger partial charge in [-0.2, -0.15) is 0 Å². The van der Waals surface area contributed by atoms with Gasteiger partial charge < -0.3 is 4.43 Å². The molecule has 1 nitrogen and oxygen atoms in total. The quantitative estimate of drug-likeness (QED) is 0.395. The van der Waals surface area contributed by atoms with E-state index in [-0.39, 0.29) is 5.04 Å². The molecule has 0 fully saturated rings. The van der Waals surface area contributed by atoms with E-state index in [1.165, 1.54) is 19.5 Å². The summed E-state index contributed by atoms with van der Waals surface area (Å²) in [6.07, 6.45) is 1.07. The molecule has 2 aromatic rings. The predicted molar refractivity (Wildman–Crippen MR) is 121 cm³/mol. The number of hydrogen-bond acceptors (Lipinski definition) is 1. The third-order valence-electron chi connectivity index (χ3n) is 4.83. The van der Waals surface area contributed by atoms with Crippen LogP contribution in [0.1, 0.15) is 41.0 Å². The molecule has 0 unspecified atom stereocenters. The van der Waals surface area contributed by atoms with Gasteiger partial charge in [-0.05, 0) is 51.3 Å². The Bertz CT molecular complexity index is 662. The molecule has 0 aliphatic rings. The molecule has 2 aromatic carbocycles. The Morgan fingerprint density at radius 3 is 1.72 bits per heavy atom. The Labute approximate surface area is 167 Å². The van der Waals surface area contributed by atoms with E-state index in [9.17, 15) is 0 Å². The summed E-state index contributed by atoms with van der Waals surface area (Å²) in [5.41, 5.74) is 1.42. The Kier molecular flexibility index (Phi) is 7.06. The van der Waals surface area contributed by atoms with Crippen molar-refractivity contribution in [3.8, 4) is 0 Å². The smallest absolute Gasteiger partial charge is 0.261 e. The molecule has 0 aromatic heterocycles. The zero-order valence-electron chi connectivity index (χ0n) is 16.0. The van der Waals surface area contributed by atoms with Gasteiger partial charge in [-0.1, -0.05) is 93.9 Å². The number of allylic oxidation sites excluding steroid dienone is 1. The third kappa shape index (κ3) is 4.44. The summed E-state index contributed by atoms with van der Waals surface area (Å²) in [6, 6.07) is 21.7. The summed E-state index contributed by atoms with van der Waals surface area (Å²) < 4.78 is 8.25. The molecule has 0 heterocycles. The van der Waals surface area contributed by atoms with Crippen molar-refractivity contribution in [1.29, 1.82) is 0 Å². The molecular weight excluding hydrogens is 435 g/mol. The second kappa shape index (κ2) is 8.65. The molecule has 0 amide bonds. The lowest BCUT2D eigenvalue weighted by Gasteiger charge is -2.43. The summed E-state index contributed by atoms with van der Waals surface area (Å²) >= 11 is 2.45. The molecular formula is C22H29IOSi. The van der Waals surface area contributed by atoms with Gasteiger partial charge in [-0.15, -0.1) is 0 Å². The standard InChI is InChI=1S/C22H29IOSi/c1-6-18(2)21(23)17-24-25(22(3,4)5,19-13-9-7-10-14-19)20-15-11-8-12-16-20/h7-16H,6,17H2,1-5H3/b21-18+. The lowest BCUT2D eigenvalue weighted by Crippen LogP contribution is -2.66. The van der Waals surface area contributed by atoms with Crippen LogP contribution in [0.3, 0.4) is 0 Å². The number of rotatable bonds is 6. The van der Waals surface area contributed by atoms with Gasteiger partial charge >= 0.3 is 0 Å². The lowest BCUT2D eigenvalue weighted by molar-refractivity contribution is 0.337. The van der Waals surface area contributed by atoms with Crippen LogP contribution >= 0.6 is 22.6 Å². The fourth-order valence-corrected chi connectivity index (χ4v) is 8.60. The molecule has 0 atom stereocenters. The van der Waals surface area contributed by atoms with Gasteiger partial charge in [0.2, 0.25) is 0 Å². The summed E-state index contributed by atoms with van der Waals surface area (Å²) in [7, 11) is -2.41. The first-order chi connectivity index (χ1) is 11.8. The first kappa shape index (κ1) is 20.4. The first-order valence-corrected chi connectivity index (χ1v) is 11.9. The zero-order valence-corrected chi connectivity index (χ0v) is 19.1. The van der Waals surface area contributed by atoms with Crippen LogP contribution in [0.25, 0.3) is 0 Å². The second-order valence-electron chi connectivity index (χ2n) is 7.49. The van der Waals surface area contributed by atoms with Gasteiger partial charge in [0.1, 0.15) is 0 Å². The summed E-state index contributed by atoms with van der Waals surface area (Å²) in [5, 5.41) is 2.71. The summed E-state index contributed by atoms with van der Waals surface area (Å²) in [5.74, 6) is 0. The Balaban J connectivity index is 2.61. The Morgan fingerprint density at radius 1 is 0.920 bits per heavy atom. The SMILES string of the molecule is CC/C(C)=C(/I)CO[Si](c1ccccc1)(c1ccccc1)C(C)(C)C. The van der Waals surface area contributed by atoms with Gasteiger partial charge in [0.25, 0.3) is 8.32 Å². The van der Waals surface area contributed by atoms with Crippen molar-refractivity contribution < 1.29 is 4.43 Å². The van der Waals surface area contributed by atoms with Crippen LogP contribution in [0.5, 0.6) is 0 Å². The van der Waals surface area contributed by atoms with Crippen molar-refractivity contribution in [2.45, 2.75) is 46.1 Å². The van der Waals surface area contributed by atoms with E-state index in [0.29, 0.717) is 6.61 Å². The van der Waals surface area contributed by atoms with E-state index in [4.69, 9.17) is 4.43 Å². The van der Waals surface area contributed by atoms with E-state index in [2.05, 4.69) is 118 Å². The first-order valence-electron chi connectivity index (χ1n) is 8.92. The molecule has 0 aliphatic carbocycles. The lowest BCUT2D eigenvalue weighted by atomic mass is 10.2. The fourth-order valence-electron chi connectivity index (χ4n) is 3.25. The van der Waals surface area contributed by atoms with E-state index < -0.39 is 8.32 Å². The largest absolute Gasteiger partial charge is 0.403 e. The highest BCUT2D eigenvalue weighted by atomic mass is 127. The molecule has 2 rings (SSSR count). The maximum Gasteiger partial charge on any atom is 0.261 e. The van der Waals surface area contributed by atoms with Gasteiger partial charge in [-0.3, -0.25) is 0 Å². The minimum Gasteiger partial charge on any atom is -0.403 e. The molecule has 0 aliphatic heterocycles. The number of benzene rings is 2. The van der Waals surface area contributed by atoms with Gasteiger partial charge in [0.15, 0.2) is 0 Å². The van der Waals surface area contributed by atoms with Crippen molar-refractivity contribution in [2.75, 3.05) is 6.61 Å². The van der Waals surface area contributed by atoms with Crippen molar-refractivity contribution in [3.05, 3.63) is 69.8 Å². The topological polar surface area (TPSA) is 9.23 Å². The van der Waals surface area contributed by atoms with Gasteiger partial charge in [0, 0.05) is 3.58 Å². The minimum absolute atomic E-state index is 0.0345. The van der Waals surface area contributed by atoms with Crippen molar-refractivity contribution in [3.63, 3.8) is 0 Å². The zero-order chi connectivity index (χ0) is 18.5. The average Bonchev–Trinajstić information content (AvgIpc) is 2.62. The minimum atomic E-state index is -2.41. The van der Waals surface area contributed by atoms with Crippen LogP contribution < -0.4 is 10.4 Å². The molecule has 0 N–H and O–H groups in total. The Hall–Kier alpha value is -0.913. The molecule has 0 saturated heterocycles. The highest BCUT2D eigenvalue weighted by Crippen LogP contribution is 2.37. The van der Waals surface area contributed by atoms with Crippen molar-refractivity contribution in [1.82, 2.24) is 0 Å². The number of hydrogen-bond donors (Lipinski definition) is 0. The molecule has 134 valence electrons. The molecule has 0 spiro atoms. The van der Waals surface area contributed by atoms with E-state index in [0.717, 1.165) is 6.42 Å². The maximum atomic E-state index is 6.92. The third-order valence-corrected chi connectivity index (χ3v) is 11.0. The van der Waals surface area contributed by atoms with Crippen molar-refractivity contribution in [2.24, 2.45) is 0 Å². The van der Waals surface area contributed by atoms with Crippen LogP contribution in [-0.2, 0) is 4.43 Å². The van der Waals surface area contributed by atoms with Gasteiger partial charge in [-0.25, -0.2) is 0 Å². The Morgan fingerprint density at radius 2 is 1.36 bits per heavy atom. The average molecular weight is 464 g/mol. The van der Waals surface area contributed by atoms with Crippen LogP contribution in [0.2, 0.25) is 5.04 Å². The summed E-state index contributed by atoms with van der Waals surface area (Å²) in [4.78, 5) is 0. The summed E-state index contributed by atoms with van der Waals surface area (Å²) in [6.45, 7) is 12.1. The predicted octanol–water partition coefficient (Wildman–Crippen LogP) is 5.68.